The summed E-state index contributed by atoms with van der Waals surface area (Å²) in [6.45, 7) is 3.30. The van der Waals surface area contributed by atoms with Crippen molar-refractivity contribution >= 4 is 11.6 Å². The lowest BCUT2D eigenvalue weighted by Gasteiger charge is -2.07. The van der Waals surface area contributed by atoms with E-state index in [9.17, 15) is 5.11 Å². The van der Waals surface area contributed by atoms with E-state index in [2.05, 4.69) is 11.8 Å². The zero-order valence-corrected chi connectivity index (χ0v) is 12.1. The molecule has 0 atom stereocenters. The van der Waals surface area contributed by atoms with E-state index in [1.807, 2.05) is 36.4 Å². The van der Waals surface area contributed by atoms with E-state index >= 15 is 0 Å². The molecule has 0 aromatic heterocycles. The molecule has 2 aromatic rings. The minimum Gasteiger partial charge on any atom is -0.457 e. The fourth-order valence-corrected chi connectivity index (χ4v) is 1.60. The summed E-state index contributed by atoms with van der Waals surface area (Å²) in [5, 5.41) is 10.2. The van der Waals surface area contributed by atoms with Gasteiger partial charge < -0.3 is 9.84 Å². The van der Waals surface area contributed by atoms with Gasteiger partial charge in [-0.3, -0.25) is 0 Å². The number of halogens is 1. The number of hydrogen-bond donors (Lipinski definition) is 1. The number of rotatable bonds is 2. The van der Waals surface area contributed by atoms with Crippen LogP contribution in [0.4, 0.5) is 0 Å². The largest absolute Gasteiger partial charge is 0.457 e. The Morgan fingerprint density at radius 2 is 1.45 bits per heavy atom. The Morgan fingerprint density at radius 3 is 1.95 bits per heavy atom. The highest BCUT2D eigenvalue weighted by molar-refractivity contribution is 6.30. The van der Waals surface area contributed by atoms with Crippen molar-refractivity contribution in [2.45, 2.75) is 19.4 Å². The van der Waals surface area contributed by atoms with Gasteiger partial charge in [0.05, 0.1) is 0 Å². The summed E-state index contributed by atoms with van der Waals surface area (Å²) in [6.07, 6.45) is 0. The lowest BCUT2D eigenvalue weighted by molar-refractivity contribution is 0.143. The van der Waals surface area contributed by atoms with Crippen LogP contribution in [-0.4, -0.2) is 10.7 Å². The van der Waals surface area contributed by atoms with Crippen molar-refractivity contribution in [3.05, 3.63) is 59.1 Å². The number of benzene rings is 2. The maximum absolute atomic E-state index is 9.54. The zero-order valence-electron chi connectivity index (χ0n) is 11.4. The standard InChI is InChI=1S/C17H15ClO2/c1-17(2,19)12-11-13-3-7-15(8-4-13)20-16-9-5-14(18)6-10-16/h3-10,19H,1-2H3. The molecule has 2 aromatic carbocycles. The van der Waals surface area contributed by atoms with Gasteiger partial charge in [-0.1, -0.05) is 23.4 Å². The van der Waals surface area contributed by atoms with Gasteiger partial charge >= 0.3 is 0 Å². The van der Waals surface area contributed by atoms with E-state index in [1.165, 1.54) is 0 Å². The van der Waals surface area contributed by atoms with Crippen molar-refractivity contribution in [1.29, 1.82) is 0 Å². The van der Waals surface area contributed by atoms with Crippen LogP contribution in [0.3, 0.4) is 0 Å². The zero-order chi connectivity index (χ0) is 14.6. The second-order valence-electron chi connectivity index (χ2n) is 4.89. The van der Waals surface area contributed by atoms with Gasteiger partial charge in [0, 0.05) is 10.6 Å². The van der Waals surface area contributed by atoms with Crippen LogP contribution in [0, 0.1) is 11.8 Å². The van der Waals surface area contributed by atoms with Gasteiger partial charge in [-0.05, 0) is 62.4 Å². The van der Waals surface area contributed by atoms with Crippen molar-refractivity contribution in [1.82, 2.24) is 0 Å². The molecule has 0 aliphatic carbocycles. The van der Waals surface area contributed by atoms with Crippen LogP contribution in [0.5, 0.6) is 11.5 Å². The van der Waals surface area contributed by atoms with Gasteiger partial charge in [0.1, 0.15) is 17.1 Å². The first-order valence-electron chi connectivity index (χ1n) is 6.21. The molecule has 20 heavy (non-hydrogen) atoms. The predicted octanol–water partition coefficient (Wildman–Crippen LogP) is 4.25. The molecule has 0 fully saturated rings. The molecular formula is C17H15ClO2. The first kappa shape index (κ1) is 14.5. The van der Waals surface area contributed by atoms with Crippen molar-refractivity contribution in [3.8, 4) is 23.3 Å². The lowest BCUT2D eigenvalue weighted by Crippen LogP contribution is -2.14. The van der Waals surface area contributed by atoms with Crippen LogP contribution in [0.1, 0.15) is 19.4 Å². The first-order chi connectivity index (χ1) is 9.42. The molecule has 102 valence electrons. The highest BCUT2D eigenvalue weighted by Crippen LogP contribution is 2.23. The average Bonchev–Trinajstić information content (AvgIpc) is 2.40. The topological polar surface area (TPSA) is 29.5 Å². The molecule has 3 heteroatoms. The molecule has 0 radical (unpaired) electrons. The maximum atomic E-state index is 9.54. The Hall–Kier alpha value is -1.95. The third-order valence-corrected chi connectivity index (χ3v) is 2.67. The minimum absolute atomic E-state index is 0.676. The number of aliphatic hydroxyl groups is 1. The molecular weight excluding hydrogens is 272 g/mol. The summed E-state index contributed by atoms with van der Waals surface area (Å²) in [7, 11) is 0. The average molecular weight is 287 g/mol. The lowest BCUT2D eigenvalue weighted by atomic mass is 10.1. The molecule has 0 amide bonds. The van der Waals surface area contributed by atoms with E-state index in [0.717, 1.165) is 17.1 Å². The molecule has 2 nitrogen and oxygen atoms in total. The summed E-state index contributed by atoms with van der Waals surface area (Å²) < 4.78 is 5.68. The van der Waals surface area contributed by atoms with Crippen LogP contribution < -0.4 is 4.74 Å². The fourth-order valence-electron chi connectivity index (χ4n) is 1.47. The van der Waals surface area contributed by atoms with Crippen molar-refractivity contribution in [2.75, 3.05) is 0 Å². The SMILES string of the molecule is CC(C)(O)C#Cc1ccc(Oc2ccc(Cl)cc2)cc1. The third-order valence-electron chi connectivity index (χ3n) is 2.42. The van der Waals surface area contributed by atoms with Crippen LogP contribution in [0.25, 0.3) is 0 Å². The number of hydrogen-bond acceptors (Lipinski definition) is 2. The van der Waals surface area contributed by atoms with Crippen LogP contribution >= 0.6 is 11.6 Å². The minimum atomic E-state index is -0.988. The van der Waals surface area contributed by atoms with Gasteiger partial charge in [-0.2, -0.15) is 0 Å². The fraction of sp³-hybridized carbons (Fsp3) is 0.176. The Labute approximate surface area is 124 Å². The maximum Gasteiger partial charge on any atom is 0.127 e. The molecule has 2 rings (SSSR count). The third kappa shape index (κ3) is 4.62. The highest BCUT2D eigenvalue weighted by atomic mass is 35.5. The molecule has 0 saturated carbocycles. The van der Waals surface area contributed by atoms with Crippen LogP contribution in [-0.2, 0) is 0 Å². The Kier molecular flexibility index (Phi) is 4.34. The summed E-state index contributed by atoms with van der Waals surface area (Å²) >= 11 is 5.82. The Bertz CT molecular complexity index is 626. The Morgan fingerprint density at radius 1 is 0.950 bits per heavy atom. The molecule has 0 bridgehead atoms. The van der Waals surface area contributed by atoms with Crippen molar-refractivity contribution < 1.29 is 9.84 Å². The van der Waals surface area contributed by atoms with Crippen LogP contribution in [0.2, 0.25) is 5.02 Å². The predicted molar refractivity (Wildman–Crippen MR) is 81.1 cm³/mol. The normalized spacial score (nSPS) is 10.6. The highest BCUT2D eigenvalue weighted by Gasteiger charge is 2.05. The first-order valence-corrected chi connectivity index (χ1v) is 6.59. The monoisotopic (exact) mass is 286 g/mol. The van der Waals surface area contributed by atoms with Crippen molar-refractivity contribution in [2.24, 2.45) is 0 Å². The molecule has 0 heterocycles. The van der Waals surface area contributed by atoms with Crippen molar-refractivity contribution in [3.63, 3.8) is 0 Å². The van der Waals surface area contributed by atoms with E-state index in [-0.39, 0.29) is 0 Å². The summed E-state index contributed by atoms with van der Waals surface area (Å²) in [4.78, 5) is 0. The van der Waals surface area contributed by atoms with E-state index < -0.39 is 5.60 Å². The van der Waals surface area contributed by atoms with Gasteiger partial charge in [0.2, 0.25) is 0 Å². The molecule has 0 aliphatic rings. The van der Waals surface area contributed by atoms with E-state index in [1.54, 1.807) is 26.0 Å². The quantitative estimate of drug-likeness (QED) is 0.836. The van der Waals surface area contributed by atoms with Gasteiger partial charge in [-0.15, -0.1) is 0 Å². The second-order valence-corrected chi connectivity index (χ2v) is 5.33. The number of ether oxygens (including phenoxy) is 1. The van der Waals surface area contributed by atoms with Gasteiger partial charge in [0.25, 0.3) is 0 Å². The smallest absolute Gasteiger partial charge is 0.127 e. The molecule has 0 aliphatic heterocycles. The summed E-state index contributed by atoms with van der Waals surface area (Å²) in [5.74, 6) is 7.12. The van der Waals surface area contributed by atoms with E-state index in [0.29, 0.717) is 5.02 Å². The van der Waals surface area contributed by atoms with E-state index in [4.69, 9.17) is 16.3 Å². The molecule has 0 unspecified atom stereocenters. The molecule has 0 spiro atoms. The molecule has 1 N–H and O–H groups in total. The van der Waals surface area contributed by atoms with Crippen LogP contribution in [0.15, 0.2) is 48.5 Å². The summed E-state index contributed by atoms with van der Waals surface area (Å²) in [6, 6.07) is 14.6. The van der Waals surface area contributed by atoms with Gasteiger partial charge in [-0.25, -0.2) is 0 Å². The Balaban J connectivity index is 2.08. The van der Waals surface area contributed by atoms with Gasteiger partial charge in [0.15, 0.2) is 0 Å². The molecule has 0 saturated heterocycles. The second kappa shape index (κ2) is 6.00. The summed E-state index contributed by atoms with van der Waals surface area (Å²) in [5.41, 5.74) is -0.158.